The van der Waals surface area contributed by atoms with Crippen molar-refractivity contribution in [1.82, 2.24) is 20.2 Å². The minimum atomic E-state index is -0.110. The van der Waals surface area contributed by atoms with Crippen molar-refractivity contribution >= 4 is 0 Å². The van der Waals surface area contributed by atoms with E-state index in [1.807, 2.05) is 0 Å². The molecule has 0 unspecified atom stereocenters. The van der Waals surface area contributed by atoms with Gasteiger partial charge in [-0.2, -0.15) is 4.80 Å². The monoisotopic (exact) mass is 212 g/mol. The molecule has 0 spiro atoms. The van der Waals surface area contributed by atoms with Crippen molar-refractivity contribution in [2.45, 2.75) is 19.3 Å². The summed E-state index contributed by atoms with van der Waals surface area (Å²) in [5, 5.41) is 21.4. The van der Waals surface area contributed by atoms with Crippen LogP contribution in [0.25, 0.3) is 0 Å². The van der Waals surface area contributed by atoms with E-state index in [4.69, 9.17) is 4.74 Å². The normalized spacial score (nSPS) is 20.4. The summed E-state index contributed by atoms with van der Waals surface area (Å²) in [5.41, 5.74) is -0.110. The summed E-state index contributed by atoms with van der Waals surface area (Å²) in [6, 6.07) is 0. The van der Waals surface area contributed by atoms with Gasteiger partial charge in [0.25, 0.3) is 0 Å². The second kappa shape index (κ2) is 4.24. The van der Waals surface area contributed by atoms with E-state index in [0.29, 0.717) is 25.5 Å². The number of aliphatic hydroxyl groups is 1. The molecule has 0 radical (unpaired) electrons. The summed E-state index contributed by atoms with van der Waals surface area (Å²) in [6.07, 6.45) is 2.41. The Balaban J connectivity index is 2.06. The minimum absolute atomic E-state index is 0.110. The molecule has 1 fully saturated rings. The maximum absolute atomic E-state index is 9.47. The SMILES string of the molecule is Cn1nnc(CC2(CO)CCOCC2)n1. The van der Waals surface area contributed by atoms with Crippen molar-refractivity contribution in [3.63, 3.8) is 0 Å². The van der Waals surface area contributed by atoms with E-state index >= 15 is 0 Å². The van der Waals surface area contributed by atoms with Crippen molar-refractivity contribution in [2.75, 3.05) is 19.8 Å². The van der Waals surface area contributed by atoms with Crippen LogP contribution >= 0.6 is 0 Å². The first-order valence-electron chi connectivity index (χ1n) is 5.16. The van der Waals surface area contributed by atoms with E-state index in [-0.39, 0.29) is 12.0 Å². The fraction of sp³-hybridized carbons (Fsp3) is 0.889. The van der Waals surface area contributed by atoms with E-state index < -0.39 is 0 Å². The summed E-state index contributed by atoms with van der Waals surface area (Å²) < 4.78 is 5.30. The average Bonchev–Trinajstić information content (AvgIpc) is 2.65. The van der Waals surface area contributed by atoms with Crippen LogP contribution in [-0.4, -0.2) is 45.1 Å². The van der Waals surface area contributed by atoms with Gasteiger partial charge in [-0.3, -0.25) is 0 Å². The number of hydrogen-bond donors (Lipinski definition) is 1. The quantitative estimate of drug-likeness (QED) is 0.734. The molecule has 1 aromatic rings. The van der Waals surface area contributed by atoms with E-state index in [0.717, 1.165) is 12.8 Å². The molecule has 15 heavy (non-hydrogen) atoms. The molecule has 0 aliphatic carbocycles. The molecule has 1 aliphatic heterocycles. The maximum atomic E-state index is 9.47. The molecule has 0 bridgehead atoms. The van der Waals surface area contributed by atoms with Crippen molar-refractivity contribution in [3.8, 4) is 0 Å². The van der Waals surface area contributed by atoms with Crippen LogP contribution in [0.3, 0.4) is 0 Å². The van der Waals surface area contributed by atoms with E-state index in [1.54, 1.807) is 7.05 Å². The molecule has 2 heterocycles. The number of hydrogen-bond acceptors (Lipinski definition) is 5. The number of tetrazole rings is 1. The zero-order chi connectivity index (χ0) is 10.7. The van der Waals surface area contributed by atoms with Gasteiger partial charge in [0.1, 0.15) is 0 Å². The zero-order valence-electron chi connectivity index (χ0n) is 8.89. The van der Waals surface area contributed by atoms with Crippen LogP contribution in [0.2, 0.25) is 0 Å². The van der Waals surface area contributed by atoms with E-state index in [9.17, 15) is 5.11 Å². The maximum Gasteiger partial charge on any atom is 0.175 e. The van der Waals surface area contributed by atoms with Crippen molar-refractivity contribution in [1.29, 1.82) is 0 Å². The molecule has 6 heteroatoms. The number of rotatable bonds is 3. The third-order valence-electron chi connectivity index (χ3n) is 2.97. The van der Waals surface area contributed by atoms with Gasteiger partial charge in [0, 0.05) is 31.7 Å². The second-order valence-electron chi connectivity index (χ2n) is 4.14. The van der Waals surface area contributed by atoms with Crippen LogP contribution in [0.1, 0.15) is 18.7 Å². The van der Waals surface area contributed by atoms with Crippen LogP contribution in [0.4, 0.5) is 0 Å². The molecule has 0 saturated carbocycles. The first kappa shape index (κ1) is 10.5. The molecular weight excluding hydrogens is 196 g/mol. The number of ether oxygens (including phenoxy) is 1. The van der Waals surface area contributed by atoms with E-state index in [1.165, 1.54) is 4.80 Å². The summed E-state index contributed by atoms with van der Waals surface area (Å²) in [7, 11) is 1.74. The Labute approximate surface area is 88.2 Å². The number of aromatic nitrogens is 4. The lowest BCUT2D eigenvalue weighted by atomic mass is 9.78. The Morgan fingerprint density at radius 2 is 2.20 bits per heavy atom. The van der Waals surface area contributed by atoms with Gasteiger partial charge in [-0.05, 0) is 18.1 Å². The number of nitrogens with zero attached hydrogens (tertiary/aromatic N) is 4. The highest BCUT2D eigenvalue weighted by Gasteiger charge is 2.33. The third kappa shape index (κ3) is 2.32. The Bertz CT molecular complexity index is 320. The molecule has 0 amide bonds. The van der Waals surface area contributed by atoms with Crippen LogP contribution in [0.5, 0.6) is 0 Å². The lowest BCUT2D eigenvalue weighted by molar-refractivity contribution is -0.0167. The number of aryl methyl sites for hydroxylation is 1. The van der Waals surface area contributed by atoms with Gasteiger partial charge in [0.05, 0.1) is 7.05 Å². The number of aliphatic hydroxyl groups excluding tert-OH is 1. The van der Waals surface area contributed by atoms with Crippen LogP contribution in [-0.2, 0) is 18.2 Å². The summed E-state index contributed by atoms with van der Waals surface area (Å²) >= 11 is 0. The van der Waals surface area contributed by atoms with Crippen LogP contribution in [0, 0.1) is 5.41 Å². The van der Waals surface area contributed by atoms with Gasteiger partial charge in [0.15, 0.2) is 5.82 Å². The molecular formula is C9H16N4O2. The molecule has 1 aromatic heterocycles. The highest BCUT2D eigenvalue weighted by atomic mass is 16.5. The lowest BCUT2D eigenvalue weighted by Crippen LogP contribution is -2.35. The first-order chi connectivity index (χ1) is 7.24. The zero-order valence-corrected chi connectivity index (χ0v) is 8.89. The lowest BCUT2D eigenvalue weighted by Gasteiger charge is -2.34. The third-order valence-corrected chi connectivity index (χ3v) is 2.97. The molecule has 84 valence electrons. The van der Waals surface area contributed by atoms with Crippen molar-refractivity contribution < 1.29 is 9.84 Å². The smallest absolute Gasteiger partial charge is 0.175 e. The predicted octanol–water partition coefficient (Wildman–Crippen LogP) is -0.458. The molecule has 0 atom stereocenters. The van der Waals surface area contributed by atoms with E-state index in [2.05, 4.69) is 15.4 Å². The van der Waals surface area contributed by atoms with Gasteiger partial charge >= 0.3 is 0 Å². The van der Waals surface area contributed by atoms with Gasteiger partial charge in [0.2, 0.25) is 0 Å². The molecule has 1 saturated heterocycles. The highest BCUT2D eigenvalue weighted by Crippen LogP contribution is 2.32. The molecule has 6 nitrogen and oxygen atoms in total. The average molecular weight is 212 g/mol. The molecule has 0 aromatic carbocycles. The fourth-order valence-electron chi connectivity index (χ4n) is 1.92. The van der Waals surface area contributed by atoms with Gasteiger partial charge in [-0.15, -0.1) is 10.2 Å². The standard InChI is InChI=1S/C9H16N4O2/c1-13-11-8(10-12-13)6-9(7-14)2-4-15-5-3-9/h14H,2-7H2,1H3. The van der Waals surface area contributed by atoms with Gasteiger partial charge < -0.3 is 9.84 Å². The van der Waals surface area contributed by atoms with Crippen LogP contribution in [0.15, 0.2) is 0 Å². The molecule has 1 N–H and O–H groups in total. The Morgan fingerprint density at radius 3 is 2.73 bits per heavy atom. The van der Waals surface area contributed by atoms with Gasteiger partial charge in [-0.25, -0.2) is 0 Å². The summed E-state index contributed by atoms with van der Waals surface area (Å²) in [4.78, 5) is 1.44. The van der Waals surface area contributed by atoms with Crippen molar-refractivity contribution in [3.05, 3.63) is 5.82 Å². The summed E-state index contributed by atoms with van der Waals surface area (Å²) in [5.74, 6) is 0.702. The first-order valence-corrected chi connectivity index (χ1v) is 5.16. The Morgan fingerprint density at radius 1 is 1.47 bits per heavy atom. The van der Waals surface area contributed by atoms with Crippen molar-refractivity contribution in [2.24, 2.45) is 12.5 Å². The fourth-order valence-corrected chi connectivity index (χ4v) is 1.92. The molecule has 1 aliphatic rings. The van der Waals surface area contributed by atoms with Crippen LogP contribution < -0.4 is 0 Å². The minimum Gasteiger partial charge on any atom is -0.396 e. The second-order valence-corrected chi connectivity index (χ2v) is 4.14. The van der Waals surface area contributed by atoms with Gasteiger partial charge in [-0.1, -0.05) is 0 Å². The Hall–Kier alpha value is -1.01. The Kier molecular flexibility index (Phi) is 2.97. The highest BCUT2D eigenvalue weighted by molar-refractivity contribution is 4.91. The molecule has 2 rings (SSSR count). The predicted molar refractivity (Wildman–Crippen MR) is 52.1 cm³/mol. The largest absolute Gasteiger partial charge is 0.396 e. The topological polar surface area (TPSA) is 73.1 Å². The summed E-state index contributed by atoms with van der Waals surface area (Å²) in [6.45, 7) is 1.58.